The second kappa shape index (κ2) is 4.50. The molecule has 21 heavy (non-hydrogen) atoms. The fourth-order valence-electron chi connectivity index (χ4n) is 2.87. The largest absolute Gasteiger partial charge is 0.354 e. The number of nitrogens with zero attached hydrogens (tertiary/aromatic N) is 1. The summed E-state index contributed by atoms with van der Waals surface area (Å²) in [6.07, 6.45) is 0. The molecule has 0 fully saturated rings. The zero-order chi connectivity index (χ0) is 14.2. The van der Waals surface area contributed by atoms with Gasteiger partial charge >= 0.3 is 0 Å². The molecule has 4 aromatic rings. The SMILES string of the molecule is N#Cc1cccc(-c2cccc3c2[nH]c2ccccc23)c1. The van der Waals surface area contributed by atoms with Crippen molar-refractivity contribution in [2.45, 2.75) is 0 Å². The Hall–Kier alpha value is -3.05. The zero-order valence-electron chi connectivity index (χ0n) is 11.3. The molecule has 1 heterocycles. The first-order valence-electron chi connectivity index (χ1n) is 6.87. The van der Waals surface area contributed by atoms with E-state index in [-0.39, 0.29) is 0 Å². The molecule has 0 bridgehead atoms. The molecule has 98 valence electrons. The number of para-hydroxylation sites is 2. The summed E-state index contributed by atoms with van der Waals surface area (Å²) >= 11 is 0. The summed E-state index contributed by atoms with van der Waals surface area (Å²) in [5.74, 6) is 0. The summed E-state index contributed by atoms with van der Waals surface area (Å²) in [6, 6.07) is 24.5. The number of nitriles is 1. The van der Waals surface area contributed by atoms with Gasteiger partial charge in [0.1, 0.15) is 0 Å². The molecule has 2 heteroatoms. The molecule has 4 rings (SSSR count). The van der Waals surface area contributed by atoms with Crippen LogP contribution in [0.3, 0.4) is 0 Å². The maximum Gasteiger partial charge on any atom is 0.0991 e. The van der Waals surface area contributed by atoms with E-state index in [0.29, 0.717) is 5.56 Å². The number of benzene rings is 3. The maximum absolute atomic E-state index is 9.08. The molecule has 0 spiro atoms. The molecule has 2 nitrogen and oxygen atoms in total. The van der Waals surface area contributed by atoms with Gasteiger partial charge in [-0.2, -0.15) is 5.26 Å². The highest BCUT2D eigenvalue weighted by Crippen LogP contribution is 2.33. The van der Waals surface area contributed by atoms with E-state index >= 15 is 0 Å². The summed E-state index contributed by atoms with van der Waals surface area (Å²) in [6.45, 7) is 0. The van der Waals surface area contributed by atoms with E-state index in [2.05, 4.69) is 47.5 Å². The molecule has 3 aromatic carbocycles. The molecule has 0 amide bonds. The summed E-state index contributed by atoms with van der Waals surface area (Å²) in [5.41, 5.74) is 5.12. The third kappa shape index (κ3) is 1.79. The Morgan fingerprint density at radius 3 is 2.52 bits per heavy atom. The van der Waals surface area contributed by atoms with E-state index in [1.807, 2.05) is 30.3 Å². The number of hydrogen-bond donors (Lipinski definition) is 1. The average Bonchev–Trinajstić information content (AvgIpc) is 2.93. The van der Waals surface area contributed by atoms with Crippen molar-refractivity contribution in [3.63, 3.8) is 0 Å². The lowest BCUT2D eigenvalue weighted by molar-refractivity contribution is 1.48. The van der Waals surface area contributed by atoms with Gasteiger partial charge in [0.2, 0.25) is 0 Å². The van der Waals surface area contributed by atoms with Gasteiger partial charge in [-0.05, 0) is 23.8 Å². The van der Waals surface area contributed by atoms with Crippen molar-refractivity contribution >= 4 is 21.8 Å². The second-order valence-electron chi connectivity index (χ2n) is 5.09. The topological polar surface area (TPSA) is 39.6 Å². The first kappa shape index (κ1) is 11.7. The van der Waals surface area contributed by atoms with Crippen molar-refractivity contribution in [1.82, 2.24) is 4.98 Å². The lowest BCUT2D eigenvalue weighted by Crippen LogP contribution is -1.82. The number of rotatable bonds is 1. The molecule has 1 aromatic heterocycles. The van der Waals surface area contributed by atoms with Gasteiger partial charge in [-0.1, -0.05) is 48.5 Å². The van der Waals surface area contributed by atoms with Crippen LogP contribution in [0, 0.1) is 11.3 Å². The fourth-order valence-corrected chi connectivity index (χ4v) is 2.87. The summed E-state index contributed by atoms with van der Waals surface area (Å²) in [7, 11) is 0. The van der Waals surface area contributed by atoms with Gasteiger partial charge in [0.15, 0.2) is 0 Å². The van der Waals surface area contributed by atoms with Crippen molar-refractivity contribution < 1.29 is 0 Å². The Balaban J connectivity index is 2.07. The maximum atomic E-state index is 9.08. The Kier molecular flexibility index (Phi) is 2.52. The standard InChI is InChI=1S/C19H12N2/c20-12-13-5-3-6-14(11-13)15-8-4-9-17-16-7-1-2-10-18(16)21-19(15)17/h1-11,21H. The highest BCUT2D eigenvalue weighted by molar-refractivity contribution is 6.11. The van der Waals surface area contributed by atoms with Gasteiger partial charge in [0.05, 0.1) is 17.1 Å². The van der Waals surface area contributed by atoms with Gasteiger partial charge in [0.25, 0.3) is 0 Å². The highest BCUT2D eigenvalue weighted by atomic mass is 14.7. The molecule has 0 aliphatic heterocycles. The number of hydrogen-bond acceptors (Lipinski definition) is 1. The number of nitrogens with one attached hydrogen (secondary N) is 1. The second-order valence-corrected chi connectivity index (χ2v) is 5.09. The van der Waals surface area contributed by atoms with Crippen LogP contribution < -0.4 is 0 Å². The molecule has 0 unspecified atom stereocenters. The molecular formula is C19H12N2. The van der Waals surface area contributed by atoms with Crippen LogP contribution in [0.5, 0.6) is 0 Å². The molecule has 0 saturated carbocycles. The van der Waals surface area contributed by atoms with Crippen LogP contribution in [0.1, 0.15) is 5.56 Å². The van der Waals surface area contributed by atoms with Crippen LogP contribution in [0.4, 0.5) is 0 Å². The molecule has 0 saturated heterocycles. The van der Waals surface area contributed by atoms with Gasteiger partial charge in [-0.15, -0.1) is 0 Å². The van der Waals surface area contributed by atoms with E-state index in [9.17, 15) is 0 Å². The Morgan fingerprint density at radius 1 is 0.810 bits per heavy atom. The van der Waals surface area contributed by atoms with Crippen molar-refractivity contribution in [3.05, 3.63) is 72.3 Å². The average molecular weight is 268 g/mol. The van der Waals surface area contributed by atoms with Crippen molar-refractivity contribution in [3.8, 4) is 17.2 Å². The number of fused-ring (bicyclic) bond motifs is 3. The summed E-state index contributed by atoms with van der Waals surface area (Å²) < 4.78 is 0. The zero-order valence-corrected chi connectivity index (χ0v) is 11.3. The molecule has 0 radical (unpaired) electrons. The van der Waals surface area contributed by atoms with Crippen LogP contribution in [0.25, 0.3) is 32.9 Å². The smallest absolute Gasteiger partial charge is 0.0991 e. The lowest BCUT2D eigenvalue weighted by atomic mass is 10.0. The lowest BCUT2D eigenvalue weighted by Gasteiger charge is -2.04. The highest BCUT2D eigenvalue weighted by Gasteiger charge is 2.09. The Morgan fingerprint density at radius 2 is 1.62 bits per heavy atom. The fraction of sp³-hybridized carbons (Fsp3) is 0. The molecule has 1 N–H and O–H groups in total. The molecule has 0 aliphatic rings. The first-order chi connectivity index (χ1) is 10.4. The van der Waals surface area contributed by atoms with E-state index < -0.39 is 0 Å². The van der Waals surface area contributed by atoms with Gasteiger partial charge in [-0.25, -0.2) is 0 Å². The van der Waals surface area contributed by atoms with E-state index in [0.717, 1.165) is 22.2 Å². The van der Waals surface area contributed by atoms with Crippen LogP contribution in [0.15, 0.2) is 66.7 Å². The van der Waals surface area contributed by atoms with E-state index in [4.69, 9.17) is 5.26 Å². The van der Waals surface area contributed by atoms with Gasteiger partial charge in [0, 0.05) is 21.9 Å². The van der Waals surface area contributed by atoms with Crippen molar-refractivity contribution in [2.75, 3.05) is 0 Å². The predicted octanol–water partition coefficient (Wildman–Crippen LogP) is 4.86. The minimum atomic E-state index is 0.681. The monoisotopic (exact) mass is 268 g/mol. The third-order valence-electron chi connectivity index (χ3n) is 3.84. The predicted molar refractivity (Wildman–Crippen MR) is 86.0 cm³/mol. The number of H-pyrrole nitrogens is 1. The molecule has 0 atom stereocenters. The van der Waals surface area contributed by atoms with Crippen molar-refractivity contribution in [1.29, 1.82) is 5.26 Å². The Bertz CT molecular complexity index is 1000. The number of aromatic amines is 1. The van der Waals surface area contributed by atoms with Crippen LogP contribution >= 0.6 is 0 Å². The Labute approximate surface area is 122 Å². The molecular weight excluding hydrogens is 256 g/mol. The van der Waals surface area contributed by atoms with Gasteiger partial charge in [-0.3, -0.25) is 0 Å². The minimum absolute atomic E-state index is 0.681. The first-order valence-corrected chi connectivity index (χ1v) is 6.87. The van der Waals surface area contributed by atoms with Crippen LogP contribution in [0.2, 0.25) is 0 Å². The van der Waals surface area contributed by atoms with Gasteiger partial charge < -0.3 is 4.98 Å². The normalized spacial score (nSPS) is 10.8. The van der Waals surface area contributed by atoms with Crippen LogP contribution in [-0.2, 0) is 0 Å². The summed E-state index contributed by atoms with van der Waals surface area (Å²) in [4.78, 5) is 3.50. The summed E-state index contributed by atoms with van der Waals surface area (Å²) in [5, 5.41) is 11.5. The molecule has 0 aliphatic carbocycles. The number of aromatic nitrogens is 1. The minimum Gasteiger partial charge on any atom is -0.354 e. The third-order valence-corrected chi connectivity index (χ3v) is 3.84. The van der Waals surface area contributed by atoms with E-state index in [1.54, 1.807) is 0 Å². The quantitative estimate of drug-likeness (QED) is 0.526. The van der Waals surface area contributed by atoms with Crippen molar-refractivity contribution in [2.24, 2.45) is 0 Å². The van der Waals surface area contributed by atoms with Crippen LogP contribution in [-0.4, -0.2) is 4.98 Å². The van der Waals surface area contributed by atoms with E-state index in [1.165, 1.54) is 10.8 Å².